The number of fused-ring (bicyclic) bond motifs is 1. The summed E-state index contributed by atoms with van der Waals surface area (Å²) in [6.07, 6.45) is 1.51. The number of aryl methyl sites for hydroxylation is 1. The van der Waals surface area contributed by atoms with Gasteiger partial charge < -0.3 is 15.8 Å². The molecule has 0 aliphatic rings. The van der Waals surface area contributed by atoms with Crippen LogP contribution >= 0.6 is 0 Å². The highest BCUT2D eigenvalue weighted by atomic mass is 16.2. The Hall–Kier alpha value is -1.32. The number of aromatic nitrogens is 1. The van der Waals surface area contributed by atoms with Crippen LogP contribution in [0.5, 0.6) is 0 Å². The first kappa shape index (κ1) is 12.1. The Balaban J connectivity index is 2.50. The van der Waals surface area contributed by atoms with Crippen molar-refractivity contribution in [3.05, 3.63) is 35.5 Å². The van der Waals surface area contributed by atoms with Crippen LogP contribution in [0.25, 0.3) is 10.9 Å². The maximum absolute atomic E-state index is 8.95. The molecular formula is C14H20N2O. The van der Waals surface area contributed by atoms with Gasteiger partial charge in [-0.05, 0) is 38.3 Å². The molecule has 0 spiro atoms. The number of benzene rings is 1. The highest BCUT2D eigenvalue weighted by Crippen LogP contribution is 2.32. The smallest absolute Gasteiger partial charge is 0.0459 e. The van der Waals surface area contributed by atoms with Crippen LogP contribution < -0.4 is 5.73 Å². The fraction of sp³-hybridized carbons (Fsp3) is 0.429. The second kappa shape index (κ2) is 4.51. The molecule has 4 N–H and O–H groups in total. The van der Waals surface area contributed by atoms with Gasteiger partial charge in [-0.25, -0.2) is 0 Å². The number of nitrogens with one attached hydrogen (secondary N) is 1. The largest absolute Gasteiger partial charge is 0.396 e. The Kier molecular flexibility index (Phi) is 3.22. The standard InChI is InChI=1S/C14H20N2O/c1-10-13(14(2,15)8-5-9-17)11-6-3-4-7-12(11)16-10/h3-4,6-7,16-17H,5,8-9,15H2,1-2H3. The lowest BCUT2D eigenvalue weighted by molar-refractivity contribution is 0.266. The Labute approximate surface area is 102 Å². The van der Waals surface area contributed by atoms with Crippen molar-refractivity contribution in [3.8, 4) is 0 Å². The zero-order valence-corrected chi connectivity index (χ0v) is 10.5. The van der Waals surface area contributed by atoms with Crippen molar-refractivity contribution < 1.29 is 5.11 Å². The van der Waals surface area contributed by atoms with E-state index in [-0.39, 0.29) is 6.61 Å². The molecule has 1 unspecified atom stereocenters. The van der Waals surface area contributed by atoms with Crippen molar-refractivity contribution >= 4 is 10.9 Å². The number of para-hydroxylation sites is 1. The minimum absolute atomic E-state index is 0.189. The number of aliphatic hydroxyl groups is 1. The predicted octanol–water partition coefficient (Wildman–Crippen LogP) is 2.42. The van der Waals surface area contributed by atoms with E-state index in [1.54, 1.807) is 0 Å². The summed E-state index contributed by atoms with van der Waals surface area (Å²) >= 11 is 0. The summed E-state index contributed by atoms with van der Waals surface area (Å²) in [6.45, 7) is 4.28. The van der Waals surface area contributed by atoms with Crippen molar-refractivity contribution in [1.29, 1.82) is 0 Å². The van der Waals surface area contributed by atoms with Gasteiger partial charge in [-0.2, -0.15) is 0 Å². The lowest BCUT2D eigenvalue weighted by atomic mass is 9.86. The maximum Gasteiger partial charge on any atom is 0.0459 e. The highest BCUT2D eigenvalue weighted by molar-refractivity contribution is 5.85. The molecule has 1 atom stereocenters. The second-order valence-electron chi connectivity index (χ2n) is 4.92. The van der Waals surface area contributed by atoms with Gasteiger partial charge >= 0.3 is 0 Å². The fourth-order valence-electron chi connectivity index (χ4n) is 2.58. The van der Waals surface area contributed by atoms with E-state index < -0.39 is 5.54 Å². The third-order valence-electron chi connectivity index (χ3n) is 3.32. The predicted molar refractivity (Wildman–Crippen MR) is 70.9 cm³/mol. The SMILES string of the molecule is Cc1[nH]c2ccccc2c1C(C)(N)CCCO. The summed E-state index contributed by atoms with van der Waals surface area (Å²) in [5.74, 6) is 0. The van der Waals surface area contributed by atoms with Crippen molar-refractivity contribution in [3.63, 3.8) is 0 Å². The number of aliphatic hydroxyl groups excluding tert-OH is 1. The van der Waals surface area contributed by atoms with Crippen LogP contribution in [-0.4, -0.2) is 16.7 Å². The van der Waals surface area contributed by atoms with Gasteiger partial charge in [0.05, 0.1) is 0 Å². The second-order valence-corrected chi connectivity index (χ2v) is 4.92. The van der Waals surface area contributed by atoms with Crippen LogP contribution in [0.4, 0.5) is 0 Å². The fourth-order valence-corrected chi connectivity index (χ4v) is 2.58. The molecule has 1 aromatic heterocycles. The van der Waals surface area contributed by atoms with E-state index in [0.29, 0.717) is 0 Å². The van der Waals surface area contributed by atoms with Crippen LogP contribution in [0.15, 0.2) is 24.3 Å². The molecule has 0 aliphatic heterocycles. The zero-order chi connectivity index (χ0) is 12.5. The Morgan fingerprint density at radius 3 is 2.76 bits per heavy atom. The van der Waals surface area contributed by atoms with Crippen molar-refractivity contribution in [2.75, 3.05) is 6.61 Å². The molecule has 1 aromatic carbocycles. The van der Waals surface area contributed by atoms with Gasteiger partial charge in [0, 0.05) is 28.7 Å². The average molecular weight is 232 g/mol. The molecule has 3 nitrogen and oxygen atoms in total. The normalized spacial score (nSPS) is 15.1. The van der Waals surface area contributed by atoms with Crippen LogP contribution in [0.1, 0.15) is 31.0 Å². The van der Waals surface area contributed by atoms with Gasteiger partial charge in [0.1, 0.15) is 0 Å². The van der Waals surface area contributed by atoms with E-state index in [9.17, 15) is 0 Å². The first-order valence-corrected chi connectivity index (χ1v) is 6.04. The van der Waals surface area contributed by atoms with Crippen molar-refractivity contribution in [2.45, 2.75) is 32.2 Å². The molecule has 0 saturated carbocycles. The minimum Gasteiger partial charge on any atom is -0.396 e. The Bertz CT molecular complexity index is 514. The lowest BCUT2D eigenvalue weighted by Gasteiger charge is -2.25. The summed E-state index contributed by atoms with van der Waals surface area (Å²) in [5, 5.41) is 10.1. The molecule has 0 fully saturated rings. The van der Waals surface area contributed by atoms with Gasteiger partial charge in [-0.1, -0.05) is 18.2 Å². The molecule has 2 rings (SSSR count). The quantitative estimate of drug-likeness (QED) is 0.758. The van der Waals surface area contributed by atoms with Gasteiger partial charge in [0.2, 0.25) is 0 Å². The molecule has 0 aliphatic carbocycles. The molecular weight excluding hydrogens is 212 g/mol. The summed E-state index contributed by atoms with van der Waals surface area (Å²) in [7, 11) is 0. The molecule has 0 bridgehead atoms. The van der Waals surface area contributed by atoms with Gasteiger partial charge in [-0.3, -0.25) is 0 Å². The number of rotatable bonds is 4. The van der Waals surface area contributed by atoms with Gasteiger partial charge in [0.15, 0.2) is 0 Å². The lowest BCUT2D eigenvalue weighted by Crippen LogP contribution is -2.33. The molecule has 0 saturated heterocycles. The third-order valence-corrected chi connectivity index (χ3v) is 3.32. The third kappa shape index (κ3) is 2.21. The minimum atomic E-state index is -0.396. The van der Waals surface area contributed by atoms with E-state index in [1.165, 1.54) is 10.9 Å². The number of hydrogen-bond donors (Lipinski definition) is 3. The molecule has 2 aromatic rings. The average Bonchev–Trinajstić information content (AvgIpc) is 2.63. The van der Waals surface area contributed by atoms with Crippen molar-refractivity contribution in [2.24, 2.45) is 5.73 Å². The number of hydrogen-bond acceptors (Lipinski definition) is 2. The van der Waals surface area contributed by atoms with E-state index >= 15 is 0 Å². The first-order chi connectivity index (χ1) is 8.06. The molecule has 0 radical (unpaired) electrons. The zero-order valence-electron chi connectivity index (χ0n) is 10.5. The van der Waals surface area contributed by atoms with Crippen LogP contribution in [-0.2, 0) is 5.54 Å². The number of nitrogens with two attached hydrogens (primary N) is 1. The molecule has 1 heterocycles. The first-order valence-electron chi connectivity index (χ1n) is 6.04. The molecule has 17 heavy (non-hydrogen) atoms. The number of H-pyrrole nitrogens is 1. The van der Waals surface area contributed by atoms with E-state index in [4.69, 9.17) is 10.8 Å². The monoisotopic (exact) mass is 232 g/mol. The van der Waals surface area contributed by atoms with E-state index in [0.717, 1.165) is 24.1 Å². The highest BCUT2D eigenvalue weighted by Gasteiger charge is 2.26. The maximum atomic E-state index is 8.95. The van der Waals surface area contributed by atoms with Crippen LogP contribution in [0.2, 0.25) is 0 Å². The van der Waals surface area contributed by atoms with E-state index in [1.807, 2.05) is 19.1 Å². The Morgan fingerprint density at radius 1 is 1.35 bits per heavy atom. The van der Waals surface area contributed by atoms with Gasteiger partial charge in [0.25, 0.3) is 0 Å². The summed E-state index contributed by atoms with van der Waals surface area (Å²) in [5.41, 5.74) is 9.42. The van der Waals surface area contributed by atoms with Crippen LogP contribution in [0.3, 0.4) is 0 Å². The van der Waals surface area contributed by atoms with Gasteiger partial charge in [-0.15, -0.1) is 0 Å². The van der Waals surface area contributed by atoms with E-state index in [2.05, 4.69) is 24.0 Å². The topological polar surface area (TPSA) is 62.0 Å². The molecule has 0 amide bonds. The summed E-state index contributed by atoms with van der Waals surface area (Å²) in [6, 6.07) is 8.21. The number of aromatic amines is 1. The summed E-state index contributed by atoms with van der Waals surface area (Å²) < 4.78 is 0. The molecule has 92 valence electrons. The Morgan fingerprint density at radius 2 is 2.06 bits per heavy atom. The summed E-state index contributed by atoms with van der Waals surface area (Å²) in [4.78, 5) is 3.37. The van der Waals surface area contributed by atoms with Crippen molar-refractivity contribution in [1.82, 2.24) is 4.98 Å². The van der Waals surface area contributed by atoms with Crippen LogP contribution in [0, 0.1) is 6.92 Å². The molecule has 3 heteroatoms.